The van der Waals surface area contributed by atoms with Crippen LogP contribution in [0.15, 0.2) is 48.8 Å². The summed E-state index contributed by atoms with van der Waals surface area (Å²) in [6.45, 7) is 0. The third kappa shape index (κ3) is 2.00. The lowest BCUT2D eigenvalue weighted by Gasteiger charge is -2.07. The van der Waals surface area contributed by atoms with Crippen molar-refractivity contribution in [2.24, 2.45) is 5.92 Å². The van der Waals surface area contributed by atoms with Gasteiger partial charge in [0, 0.05) is 17.2 Å². The van der Waals surface area contributed by atoms with Gasteiger partial charge >= 0.3 is 0 Å². The zero-order valence-corrected chi connectivity index (χ0v) is 11.5. The quantitative estimate of drug-likeness (QED) is 0.590. The van der Waals surface area contributed by atoms with Gasteiger partial charge in [-0.1, -0.05) is 6.07 Å². The summed E-state index contributed by atoms with van der Waals surface area (Å²) in [6, 6.07) is 13.4. The van der Waals surface area contributed by atoms with Crippen LogP contribution in [0.5, 0.6) is 0 Å². The predicted octanol–water partition coefficient (Wildman–Crippen LogP) is 3.20. The highest BCUT2D eigenvalue weighted by Crippen LogP contribution is 2.33. The Hall–Kier alpha value is -2.62. The maximum Gasteiger partial charge on any atom is 0.165 e. The van der Waals surface area contributed by atoms with Crippen molar-refractivity contribution >= 4 is 22.5 Å². The number of carbonyl (C=O) groups is 1. The zero-order valence-electron chi connectivity index (χ0n) is 11.5. The van der Waals surface area contributed by atoms with E-state index in [1.54, 1.807) is 6.33 Å². The van der Waals surface area contributed by atoms with Crippen molar-refractivity contribution in [3.05, 3.63) is 54.4 Å². The third-order valence-corrected chi connectivity index (χ3v) is 3.98. The van der Waals surface area contributed by atoms with Gasteiger partial charge in [-0.05, 0) is 49.2 Å². The summed E-state index contributed by atoms with van der Waals surface area (Å²) in [4.78, 5) is 16.4. The van der Waals surface area contributed by atoms with E-state index in [9.17, 15) is 4.79 Å². The molecular weight excluding hydrogens is 262 g/mol. The molecule has 1 heterocycles. The van der Waals surface area contributed by atoms with E-state index in [0.29, 0.717) is 5.69 Å². The largest absolute Gasteiger partial charge is 0.397 e. The Kier molecular flexibility index (Phi) is 2.57. The molecule has 4 heteroatoms. The summed E-state index contributed by atoms with van der Waals surface area (Å²) in [6.07, 6.45) is 3.82. The number of hydrogen-bond acceptors (Lipinski definition) is 3. The van der Waals surface area contributed by atoms with Crippen LogP contribution in [0.2, 0.25) is 0 Å². The van der Waals surface area contributed by atoms with Crippen molar-refractivity contribution in [2.45, 2.75) is 12.8 Å². The fraction of sp³-hybridized carbons (Fsp3) is 0.176. The van der Waals surface area contributed by atoms with Crippen LogP contribution in [0.1, 0.15) is 23.2 Å². The monoisotopic (exact) mass is 277 g/mol. The lowest BCUT2D eigenvalue weighted by atomic mass is 10.1. The standard InChI is InChI=1S/C17H15N3O/c18-14-2-1-3-15-16(14)20(10-19-15)13-8-6-12(7-9-13)17(21)11-4-5-11/h1-3,6-11H,4-5,18H2. The summed E-state index contributed by atoms with van der Waals surface area (Å²) in [7, 11) is 0. The molecule has 2 N–H and O–H groups in total. The van der Waals surface area contributed by atoms with Crippen LogP contribution in [-0.2, 0) is 0 Å². The number of benzene rings is 2. The molecule has 0 atom stereocenters. The SMILES string of the molecule is Nc1cccc2ncn(-c3ccc(C(=O)C4CC4)cc3)c12. The minimum atomic E-state index is 0.251. The van der Waals surface area contributed by atoms with Crippen LogP contribution in [0, 0.1) is 5.92 Å². The first kappa shape index (κ1) is 12.1. The van der Waals surface area contributed by atoms with Gasteiger partial charge in [-0.25, -0.2) is 4.98 Å². The van der Waals surface area contributed by atoms with E-state index in [1.807, 2.05) is 47.0 Å². The second-order valence-electron chi connectivity index (χ2n) is 5.51. The number of anilines is 1. The van der Waals surface area contributed by atoms with Crippen LogP contribution in [-0.4, -0.2) is 15.3 Å². The first-order chi connectivity index (χ1) is 10.2. The van der Waals surface area contributed by atoms with Gasteiger partial charge < -0.3 is 5.73 Å². The van der Waals surface area contributed by atoms with Crippen molar-refractivity contribution in [3.63, 3.8) is 0 Å². The molecule has 0 radical (unpaired) electrons. The van der Waals surface area contributed by atoms with Gasteiger partial charge in [0.2, 0.25) is 0 Å². The number of nitrogen functional groups attached to an aromatic ring is 1. The van der Waals surface area contributed by atoms with Crippen LogP contribution < -0.4 is 5.73 Å². The van der Waals surface area contributed by atoms with E-state index in [1.165, 1.54) is 0 Å². The second-order valence-corrected chi connectivity index (χ2v) is 5.51. The number of fused-ring (bicyclic) bond motifs is 1. The summed E-state index contributed by atoms with van der Waals surface area (Å²) >= 11 is 0. The molecule has 0 unspecified atom stereocenters. The minimum Gasteiger partial charge on any atom is -0.397 e. The number of rotatable bonds is 3. The maximum atomic E-state index is 12.0. The van der Waals surface area contributed by atoms with Crippen molar-refractivity contribution in [2.75, 3.05) is 5.73 Å². The molecule has 0 aliphatic heterocycles. The van der Waals surface area contributed by atoms with E-state index in [-0.39, 0.29) is 11.7 Å². The Morgan fingerprint density at radius 1 is 1.14 bits per heavy atom. The summed E-state index contributed by atoms with van der Waals surface area (Å²) in [5.41, 5.74) is 10.3. The molecule has 0 saturated heterocycles. The van der Waals surface area contributed by atoms with Gasteiger partial charge in [-0.15, -0.1) is 0 Å². The van der Waals surface area contributed by atoms with E-state index in [0.717, 1.165) is 35.1 Å². The predicted molar refractivity (Wildman–Crippen MR) is 82.5 cm³/mol. The minimum absolute atomic E-state index is 0.251. The number of nitrogens with zero attached hydrogens (tertiary/aromatic N) is 2. The van der Waals surface area contributed by atoms with Crippen LogP contribution in [0.25, 0.3) is 16.7 Å². The topological polar surface area (TPSA) is 60.9 Å². The fourth-order valence-corrected chi connectivity index (χ4v) is 2.66. The summed E-state index contributed by atoms with van der Waals surface area (Å²) < 4.78 is 1.95. The van der Waals surface area contributed by atoms with E-state index >= 15 is 0 Å². The highest BCUT2D eigenvalue weighted by Gasteiger charge is 2.30. The number of imidazole rings is 1. The first-order valence-electron chi connectivity index (χ1n) is 7.10. The molecule has 0 amide bonds. The first-order valence-corrected chi connectivity index (χ1v) is 7.10. The Balaban J connectivity index is 1.76. The van der Waals surface area contributed by atoms with E-state index in [2.05, 4.69) is 4.98 Å². The molecule has 3 aromatic rings. The molecule has 4 rings (SSSR count). The van der Waals surface area contributed by atoms with Gasteiger partial charge in [-0.3, -0.25) is 9.36 Å². The molecule has 1 fully saturated rings. The molecule has 1 aliphatic carbocycles. The van der Waals surface area contributed by atoms with Crippen molar-refractivity contribution in [3.8, 4) is 5.69 Å². The molecule has 0 spiro atoms. The van der Waals surface area contributed by atoms with Crippen molar-refractivity contribution < 1.29 is 4.79 Å². The normalized spacial score (nSPS) is 14.5. The summed E-state index contributed by atoms with van der Waals surface area (Å²) in [5.74, 6) is 0.511. The second kappa shape index (κ2) is 4.45. The number of hydrogen-bond donors (Lipinski definition) is 1. The number of Topliss-reactive ketones (excluding diaryl/α,β-unsaturated/α-hetero) is 1. The molecule has 0 bridgehead atoms. The average Bonchev–Trinajstić information content (AvgIpc) is 3.26. The number of ketones is 1. The highest BCUT2D eigenvalue weighted by molar-refractivity contribution is 5.99. The fourth-order valence-electron chi connectivity index (χ4n) is 2.66. The molecule has 2 aromatic carbocycles. The zero-order chi connectivity index (χ0) is 14.4. The molecular formula is C17H15N3O. The van der Waals surface area contributed by atoms with Gasteiger partial charge in [0.05, 0.1) is 16.7 Å². The Morgan fingerprint density at radius 3 is 2.62 bits per heavy atom. The van der Waals surface area contributed by atoms with Crippen molar-refractivity contribution in [1.82, 2.24) is 9.55 Å². The van der Waals surface area contributed by atoms with Gasteiger partial charge in [0.1, 0.15) is 6.33 Å². The Morgan fingerprint density at radius 2 is 1.90 bits per heavy atom. The molecule has 4 nitrogen and oxygen atoms in total. The van der Waals surface area contributed by atoms with Crippen LogP contribution in [0.4, 0.5) is 5.69 Å². The van der Waals surface area contributed by atoms with Gasteiger partial charge in [0.15, 0.2) is 5.78 Å². The Bertz CT molecular complexity index is 829. The Labute approximate surface area is 122 Å². The lowest BCUT2D eigenvalue weighted by Crippen LogP contribution is -2.02. The van der Waals surface area contributed by atoms with Crippen LogP contribution in [0.3, 0.4) is 0 Å². The number of aromatic nitrogens is 2. The average molecular weight is 277 g/mol. The summed E-state index contributed by atoms with van der Waals surface area (Å²) in [5, 5.41) is 0. The molecule has 1 aliphatic rings. The van der Waals surface area contributed by atoms with Crippen LogP contribution >= 0.6 is 0 Å². The molecule has 1 aromatic heterocycles. The van der Waals surface area contributed by atoms with E-state index < -0.39 is 0 Å². The maximum absolute atomic E-state index is 12.0. The number of carbonyl (C=O) groups excluding carboxylic acids is 1. The lowest BCUT2D eigenvalue weighted by molar-refractivity contribution is 0.0967. The molecule has 104 valence electrons. The molecule has 1 saturated carbocycles. The molecule has 21 heavy (non-hydrogen) atoms. The third-order valence-electron chi connectivity index (χ3n) is 3.98. The van der Waals surface area contributed by atoms with Gasteiger partial charge in [-0.2, -0.15) is 0 Å². The van der Waals surface area contributed by atoms with Gasteiger partial charge in [0.25, 0.3) is 0 Å². The van der Waals surface area contributed by atoms with E-state index in [4.69, 9.17) is 5.73 Å². The van der Waals surface area contributed by atoms with Crippen molar-refractivity contribution in [1.29, 1.82) is 0 Å². The number of para-hydroxylation sites is 1. The smallest absolute Gasteiger partial charge is 0.165 e. The highest BCUT2D eigenvalue weighted by atomic mass is 16.1. The number of nitrogens with two attached hydrogens (primary N) is 1.